The first kappa shape index (κ1) is 30.2. The zero-order valence-electron chi connectivity index (χ0n) is 24.4. The van der Waals surface area contributed by atoms with Gasteiger partial charge in [0, 0.05) is 25.4 Å². The van der Waals surface area contributed by atoms with Crippen molar-refractivity contribution in [1.29, 1.82) is 0 Å². The van der Waals surface area contributed by atoms with E-state index in [1.807, 2.05) is 24.3 Å². The highest BCUT2D eigenvalue weighted by molar-refractivity contribution is 5.81. The summed E-state index contributed by atoms with van der Waals surface area (Å²) in [7, 11) is 1.30. The zero-order valence-corrected chi connectivity index (χ0v) is 24.4. The van der Waals surface area contributed by atoms with Crippen molar-refractivity contribution in [2.75, 3.05) is 31.7 Å². The van der Waals surface area contributed by atoms with Gasteiger partial charge in [-0.2, -0.15) is 4.98 Å². The molecule has 1 fully saturated rings. The van der Waals surface area contributed by atoms with E-state index >= 15 is 0 Å². The maximum absolute atomic E-state index is 12.2. The van der Waals surface area contributed by atoms with Crippen molar-refractivity contribution in [2.24, 2.45) is 11.8 Å². The van der Waals surface area contributed by atoms with Crippen LogP contribution in [0.25, 0.3) is 0 Å². The standard InChI is InChI=1S/C29H44N4O6/c1-19(2)25-31-27(39-32-25)33-15-12-22(13-16-33)20(3)14-17-37-23-10-8-21(9-11-23)18-24(26(34)36-7)30-28(35)38-29(4,5)6/h8-11,19-20,22,24H,12-18H2,1-7H3,(H,30,35)/t20-,24+/m1/s1. The largest absolute Gasteiger partial charge is 0.494 e. The molecular formula is C29H44N4O6. The smallest absolute Gasteiger partial charge is 0.408 e. The third kappa shape index (κ3) is 9.44. The molecule has 1 aliphatic heterocycles. The average Bonchev–Trinajstić information content (AvgIpc) is 3.38. The van der Waals surface area contributed by atoms with E-state index in [9.17, 15) is 9.59 Å². The van der Waals surface area contributed by atoms with E-state index < -0.39 is 23.7 Å². The second kappa shape index (κ2) is 13.7. The molecule has 0 bridgehead atoms. The molecule has 0 saturated carbocycles. The molecule has 3 rings (SSSR count). The maximum atomic E-state index is 12.2. The molecular weight excluding hydrogens is 500 g/mol. The molecule has 1 saturated heterocycles. The number of benzene rings is 1. The van der Waals surface area contributed by atoms with Crippen LogP contribution in [0.15, 0.2) is 28.8 Å². The van der Waals surface area contributed by atoms with Gasteiger partial charge in [0.2, 0.25) is 0 Å². The predicted octanol–water partition coefficient (Wildman–Crippen LogP) is 5.12. The van der Waals surface area contributed by atoms with Crippen LogP contribution in [0.5, 0.6) is 5.75 Å². The average molecular weight is 545 g/mol. The second-order valence-corrected chi connectivity index (χ2v) is 11.6. The second-order valence-electron chi connectivity index (χ2n) is 11.6. The van der Waals surface area contributed by atoms with Crippen LogP contribution in [0.4, 0.5) is 10.8 Å². The van der Waals surface area contributed by atoms with Crippen LogP contribution in [0.2, 0.25) is 0 Å². The molecule has 2 aromatic rings. The lowest BCUT2D eigenvalue weighted by atomic mass is 9.84. The number of ether oxygens (including phenoxy) is 3. The van der Waals surface area contributed by atoms with Gasteiger partial charge in [-0.15, -0.1) is 0 Å². The van der Waals surface area contributed by atoms with Gasteiger partial charge >= 0.3 is 18.1 Å². The summed E-state index contributed by atoms with van der Waals surface area (Å²) >= 11 is 0. The molecule has 2 atom stereocenters. The van der Waals surface area contributed by atoms with Gasteiger partial charge in [-0.05, 0) is 69.6 Å². The first-order chi connectivity index (χ1) is 18.4. The van der Waals surface area contributed by atoms with Gasteiger partial charge in [0.15, 0.2) is 5.82 Å². The molecule has 1 N–H and O–H groups in total. The van der Waals surface area contributed by atoms with Crippen LogP contribution in [-0.2, 0) is 20.7 Å². The summed E-state index contributed by atoms with van der Waals surface area (Å²) in [6.07, 6.45) is 2.77. The first-order valence-electron chi connectivity index (χ1n) is 13.8. The van der Waals surface area contributed by atoms with E-state index in [1.165, 1.54) is 7.11 Å². The molecule has 216 valence electrons. The quantitative estimate of drug-likeness (QED) is 0.385. The van der Waals surface area contributed by atoms with Crippen LogP contribution in [0.1, 0.15) is 78.1 Å². The van der Waals surface area contributed by atoms with Crippen LogP contribution >= 0.6 is 0 Å². The third-order valence-corrected chi connectivity index (χ3v) is 6.94. The Morgan fingerprint density at radius 1 is 1.13 bits per heavy atom. The number of amides is 1. The normalized spacial score (nSPS) is 16.1. The topological polar surface area (TPSA) is 116 Å². The number of hydrogen-bond acceptors (Lipinski definition) is 9. The third-order valence-electron chi connectivity index (χ3n) is 6.94. The number of esters is 1. The lowest BCUT2D eigenvalue weighted by molar-refractivity contribution is -0.143. The van der Waals surface area contributed by atoms with Gasteiger partial charge in [-0.25, -0.2) is 9.59 Å². The molecule has 1 aliphatic rings. The number of anilines is 1. The zero-order chi connectivity index (χ0) is 28.6. The van der Waals surface area contributed by atoms with Crippen LogP contribution in [0, 0.1) is 11.8 Å². The fourth-order valence-electron chi connectivity index (χ4n) is 4.59. The molecule has 39 heavy (non-hydrogen) atoms. The van der Waals surface area contributed by atoms with E-state index in [-0.39, 0.29) is 12.3 Å². The van der Waals surface area contributed by atoms with Crippen LogP contribution < -0.4 is 15.0 Å². The summed E-state index contributed by atoms with van der Waals surface area (Å²) in [5.41, 5.74) is 0.210. The SMILES string of the molecule is COC(=O)[C@H](Cc1ccc(OCC[C@@H](C)C2CCN(c3nc(C(C)C)no3)CC2)cc1)NC(=O)OC(C)(C)C. The Bertz CT molecular complexity index is 1050. The van der Waals surface area contributed by atoms with E-state index in [2.05, 4.69) is 41.1 Å². The van der Waals surface area contributed by atoms with E-state index in [0.29, 0.717) is 24.5 Å². The molecule has 10 heteroatoms. The van der Waals surface area contributed by atoms with Crippen molar-refractivity contribution in [2.45, 2.75) is 84.8 Å². The van der Waals surface area contributed by atoms with E-state index in [1.54, 1.807) is 20.8 Å². The number of nitrogens with one attached hydrogen (secondary N) is 1. The molecule has 10 nitrogen and oxygen atoms in total. The van der Waals surface area contributed by atoms with Crippen molar-refractivity contribution < 1.29 is 28.3 Å². The number of methoxy groups -OCH3 is 1. The van der Waals surface area contributed by atoms with Gasteiger partial charge in [0.05, 0.1) is 13.7 Å². The van der Waals surface area contributed by atoms with Gasteiger partial charge in [0.25, 0.3) is 0 Å². The minimum Gasteiger partial charge on any atom is -0.494 e. The highest BCUT2D eigenvalue weighted by Gasteiger charge is 2.27. The van der Waals surface area contributed by atoms with E-state index in [4.69, 9.17) is 18.7 Å². The van der Waals surface area contributed by atoms with Gasteiger partial charge in [-0.1, -0.05) is 38.1 Å². The van der Waals surface area contributed by atoms with Crippen molar-refractivity contribution in [3.63, 3.8) is 0 Å². The maximum Gasteiger partial charge on any atom is 0.408 e. The van der Waals surface area contributed by atoms with Gasteiger partial charge < -0.3 is 29.0 Å². The Labute approximate surface area is 231 Å². The molecule has 2 heterocycles. The Morgan fingerprint density at radius 3 is 2.36 bits per heavy atom. The summed E-state index contributed by atoms with van der Waals surface area (Å²) in [6.45, 7) is 14.2. The Morgan fingerprint density at radius 2 is 1.79 bits per heavy atom. The molecule has 0 spiro atoms. The highest BCUT2D eigenvalue weighted by atomic mass is 16.6. The molecule has 1 aromatic heterocycles. The number of aromatic nitrogens is 2. The fraction of sp³-hybridized carbons (Fsp3) is 0.655. The fourth-order valence-corrected chi connectivity index (χ4v) is 4.59. The molecule has 0 aliphatic carbocycles. The molecule has 0 unspecified atom stereocenters. The van der Waals surface area contributed by atoms with Crippen molar-refractivity contribution in [3.05, 3.63) is 35.7 Å². The molecule has 1 amide bonds. The van der Waals surface area contributed by atoms with Gasteiger partial charge in [0.1, 0.15) is 17.4 Å². The summed E-state index contributed by atoms with van der Waals surface area (Å²) in [4.78, 5) is 31.1. The number of piperidine rings is 1. The first-order valence-corrected chi connectivity index (χ1v) is 13.8. The number of carbonyl (C=O) groups is 2. The summed E-state index contributed by atoms with van der Waals surface area (Å²) in [6, 6.07) is 7.34. The summed E-state index contributed by atoms with van der Waals surface area (Å²) in [5.74, 6) is 2.43. The Balaban J connectivity index is 1.42. The van der Waals surface area contributed by atoms with Crippen molar-refractivity contribution in [1.82, 2.24) is 15.5 Å². The van der Waals surface area contributed by atoms with Crippen molar-refractivity contribution in [3.8, 4) is 5.75 Å². The van der Waals surface area contributed by atoms with Gasteiger partial charge in [-0.3, -0.25) is 0 Å². The monoisotopic (exact) mass is 544 g/mol. The van der Waals surface area contributed by atoms with Crippen LogP contribution in [-0.4, -0.2) is 60.7 Å². The minimum absolute atomic E-state index is 0.259. The molecule has 0 radical (unpaired) electrons. The van der Waals surface area contributed by atoms with Crippen LogP contribution in [0.3, 0.4) is 0 Å². The number of hydrogen-bond donors (Lipinski definition) is 1. The summed E-state index contributed by atoms with van der Waals surface area (Å²) < 4.78 is 21.6. The predicted molar refractivity (Wildman–Crippen MR) is 148 cm³/mol. The Kier molecular flexibility index (Phi) is 10.6. The highest BCUT2D eigenvalue weighted by Crippen LogP contribution is 2.30. The summed E-state index contributed by atoms with van der Waals surface area (Å²) in [5, 5.41) is 6.68. The van der Waals surface area contributed by atoms with E-state index in [0.717, 1.165) is 49.5 Å². The Hall–Kier alpha value is -3.30. The number of rotatable bonds is 11. The number of alkyl carbamates (subject to hydrolysis) is 1. The number of nitrogens with zero attached hydrogens (tertiary/aromatic N) is 3. The lowest BCUT2D eigenvalue weighted by Crippen LogP contribution is -2.45. The lowest BCUT2D eigenvalue weighted by Gasteiger charge is -2.33. The number of carbonyl (C=O) groups excluding carboxylic acids is 2. The van der Waals surface area contributed by atoms with Crippen molar-refractivity contribution >= 4 is 18.1 Å². The molecule has 1 aromatic carbocycles. The minimum atomic E-state index is -0.846.